The Morgan fingerprint density at radius 3 is 2.33 bits per heavy atom. The molecule has 21 heavy (non-hydrogen) atoms. The number of amides is 3. The summed E-state index contributed by atoms with van der Waals surface area (Å²) in [5, 5.41) is 3.08. The first-order chi connectivity index (χ1) is 10.1. The zero-order valence-electron chi connectivity index (χ0n) is 13.1. The average Bonchev–Trinajstić information content (AvgIpc) is 2.53. The summed E-state index contributed by atoms with van der Waals surface area (Å²) >= 11 is 0. The molecular weight excluding hydrogens is 270 g/mol. The number of nitrogens with one attached hydrogen (secondary N) is 1. The molecule has 1 N–H and O–H groups in total. The Kier molecular flexibility index (Phi) is 5.85. The lowest BCUT2D eigenvalue weighted by Gasteiger charge is -2.34. The first-order valence-electron chi connectivity index (χ1n) is 7.89. The lowest BCUT2D eigenvalue weighted by Crippen LogP contribution is -2.46. The Morgan fingerprint density at radius 1 is 1.14 bits per heavy atom. The van der Waals surface area contributed by atoms with Gasteiger partial charge in [0.25, 0.3) is 0 Å². The van der Waals surface area contributed by atoms with Crippen molar-refractivity contribution >= 4 is 11.9 Å². The van der Waals surface area contributed by atoms with E-state index in [0.29, 0.717) is 19.1 Å². The van der Waals surface area contributed by atoms with Crippen molar-refractivity contribution in [3.05, 3.63) is 0 Å². The van der Waals surface area contributed by atoms with E-state index in [2.05, 4.69) is 5.32 Å². The van der Waals surface area contributed by atoms with Gasteiger partial charge in [-0.1, -0.05) is 0 Å². The Labute approximate surface area is 126 Å². The fourth-order valence-electron chi connectivity index (χ4n) is 2.96. The van der Waals surface area contributed by atoms with Crippen LogP contribution in [0, 0.1) is 11.8 Å². The van der Waals surface area contributed by atoms with Crippen molar-refractivity contribution in [1.29, 1.82) is 0 Å². The lowest BCUT2D eigenvalue weighted by atomic mass is 9.95. The highest BCUT2D eigenvalue weighted by Gasteiger charge is 2.25. The molecule has 6 heteroatoms. The topological polar surface area (TPSA) is 61.9 Å². The van der Waals surface area contributed by atoms with E-state index in [4.69, 9.17) is 4.74 Å². The number of nitrogens with zero attached hydrogens (tertiary/aromatic N) is 2. The smallest absolute Gasteiger partial charge is 0.319 e. The summed E-state index contributed by atoms with van der Waals surface area (Å²) in [6.45, 7) is 3.70. The van der Waals surface area contributed by atoms with Gasteiger partial charge in [0.1, 0.15) is 0 Å². The van der Waals surface area contributed by atoms with Gasteiger partial charge >= 0.3 is 6.03 Å². The number of piperidine rings is 1. The molecule has 2 saturated heterocycles. The van der Waals surface area contributed by atoms with Crippen molar-refractivity contribution in [3.63, 3.8) is 0 Å². The third-order valence-corrected chi connectivity index (χ3v) is 4.42. The second kappa shape index (κ2) is 7.64. The molecule has 120 valence electrons. The average molecular weight is 297 g/mol. The number of carbonyl (C=O) groups excluding carboxylic acids is 2. The maximum atomic E-state index is 12.1. The molecule has 3 amide bonds. The predicted octanol–water partition coefficient (Wildman–Crippen LogP) is 0.923. The van der Waals surface area contributed by atoms with Gasteiger partial charge in [-0.05, 0) is 31.6 Å². The van der Waals surface area contributed by atoms with Gasteiger partial charge in [-0.3, -0.25) is 4.79 Å². The summed E-state index contributed by atoms with van der Waals surface area (Å²) < 4.78 is 5.28. The zero-order valence-corrected chi connectivity index (χ0v) is 13.1. The predicted molar refractivity (Wildman–Crippen MR) is 79.9 cm³/mol. The normalized spacial score (nSPS) is 21.1. The second-order valence-corrected chi connectivity index (χ2v) is 6.24. The van der Waals surface area contributed by atoms with E-state index in [0.717, 1.165) is 45.3 Å². The molecule has 6 nitrogen and oxygen atoms in total. The molecule has 2 aliphatic rings. The van der Waals surface area contributed by atoms with Crippen LogP contribution in [0.25, 0.3) is 0 Å². The van der Waals surface area contributed by atoms with Crippen LogP contribution in [0.4, 0.5) is 4.79 Å². The van der Waals surface area contributed by atoms with Crippen LogP contribution in [0.1, 0.15) is 25.7 Å². The Morgan fingerprint density at radius 2 is 1.76 bits per heavy atom. The fourth-order valence-corrected chi connectivity index (χ4v) is 2.96. The molecule has 0 aromatic rings. The monoisotopic (exact) mass is 297 g/mol. The van der Waals surface area contributed by atoms with Crippen molar-refractivity contribution in [2.45, 2.75) is 25.7 Å². The lowest BCUT2D eigenvalue weighted by molar-refractivity contribution is -0.128. The van der Waals surface area contributed by atoms with Crippen molar-refractivity contribution < 1.29 is 14.3 Å². The minimum atomic E-state index is 0.0830. The summed E-state index contributed by atoms with van der Waals surface area (Å²) in [6, 6.07) is 0.0830. The van der Waals surface area contributed by atoms with Crippen LogP contribution in [-0.2, 0) is 9.53 Å². The van der Waals surface area contributed by atoms with E-state index in [1.807, 2.05) is 4.90 Å². The molecule has 0 spiro atoms. The van der Waals surface area contributed by atoms with Gasteiger partial charge < -0.3 is 19.9 Å². The van der Waals surface area contributed by atoms with Crippen molar-refractivity contribution in [2.24, 2.45) is 11.8 Å². The highest BCUT2D eigenvalue weighted by molar-refractivity contribution is 5.78. The van der Waals surface area contributed by atoms with Gasteiger partial charge in [-0.2, -0.15) is 0 Å². The van der Waals surface area contributed by atoms with Gasteiger partial charge in [-0.25, -0.2) is 4.79 Å². The first-order valence-corrected chi connectivity index (χ1v) is 7.89. The highest BCUT2D eigenvalue weighted by atomic mass is 16.5. The van der Waals surface area contributed by atoms with Crippen molar-refractivity contribution in [2.75, 3.05) is 46.9 Å². The molecule has 2 heterocycles. The van der Waals surface area contributed by atoms with Crippen LogP contribution in [0.15, 0.2) is 0 Å². The van der Waals surface area contributed by atoms with Gasteiger partial charge in [0.05, 0.1) is 0 Å². The molecule has 0 aromatic heterocycles. The van der Waals surface area contributed by atoms with Crippen LogP contribution < -0.4 is 5.32 Å². The van der Waals surface area contributed by atoms with Gasteiger partial charge in [0.2, 0.25) is 5.91 Å². The van der Waals surface area contributed by atoms with Gasteiger partial charge in [-0.15, -0.1) is 0 Å². The number of likely N-dealkylation sites (tertiary alicyclic amines) is 1. The van der Waals surface area contributed by atoms with E-state index < -0.39 is 0 Å². The number of ether oxygens (including phenoxy) is 1. The minimum Gasteiger partial charge on any atom is -0.381 e. The Balaban J connectivity index is 1.66. The third kappa shape index (κ3) is 4.59. The van der Waals surface area contributed by atoms with Crippen LogP contribution in [-0.4, -0.2) is 68.7 Å². The number of hydrogen-bond acceptors (Lipinski definition) is 3. The second-order valence-electron chi connectivity index (χ2n) is 6.24. The molecule has 2 rings (SSSR count). The number of rotatable bonds is 3. The maximum absolute atomic E-state index is 12.1. The van der Waals surface area contributed by atoms with Crippen LogP contribution >= 0.6 is 0 Å². The SMILES string of the molecule is CN(C)C(=O)N1CCC(CNC(=O)C2CCOCC2)CC1. The Hall–Kier alpha value is -1.30. The molecular formula is C15H27N3O3. The molecule has 2 fully saturated rings. The molecule has 0 aromatic carbocycles. The van der Waals surface area contributed by atoms with E-state index in [-0.39, 0.29) is 17.9 Å². The molecule has 0 aliphatic carbocycles. The summed E-state index contributed by atoms with van der Waals surface area (Å²) in [4.78, 5) is 27.4. The highest BCUT2D eigenvalue weighted by Crippen LogP contribution is 2.18. The van der Waals surface area contributed by atoms with E-state index in [1.54, 1.807) is 19.0 Å². The molecule has 0 bridgehead atoms. The Bertz CT molecular complexity index is 359. The first kappa shape index (κ1) is 16.1. The van der Waals surface area contributed by atoms with Crippen LogP contribution in [0.5, 0.6) is 0 Å². The van der Waals surface area contributed by atoms with E-state index >= 15 is 0 Å². The maximum Gasteiger partial charge on any atom is 0.319 e. The summed E-state index contributed by atoms with van der Waals surface area (Å²) in [5.41, 5.74) is 0. The van der Waals surface area contributed by atoms with E-state index in [1.165, 1.54) is 0 Å². The van der Waals surface area contributed by atoms with Crippen LogP contribution in [0.3, 0.4) is 0 Å². The number of carbonyl (C=O) groups is 2. The zero-order chi connectivity index (χ0) is 15.2. The quantitative estimate of drug-likeness (QED) is 0.843. The molecule has 2 aliphatic heterocycles. The minimum absolute atomic E-state index is 0.0830. The van der Waals surface area contributed by atoms with E-state index in [9.17, 15) is 9.59 Å². The molecule has 0 saturated carbocycles. The van der Waals surface area contributed by atoms with Crippen molar-refractivity contribution in [3.8, 4) is 0 Å². The molecule has 0 radical (unpaired) electrons. The number of urea groups is 1. The largest absolute Gasteiger partial charge is 0.381 e. The molecule has 0 unspecified atom stereocenters. The number of hydrogen-bond donors (Lipinski definition) is 1. The van der Waals surface area contributed by atoms with Crippen molar-refractivity contribution in [1.82, 2.24) is 15.1 Å². The van der Waals surface area contributed by atoms with Gasteiger partial charge in [0, 0.05) is 52.9 Å². The summed E-state index contributed by atoms with van der Waals surface area (Å²) in [6.07, 6.45) is 3.60. The summed E-state index contributed by atoms with van der Waals surface area (Å²) in [5.74, 6) is 0.777. The van der Waals surface area contributed by atoms with Crippen LogP contribution in [0.2, 0.25) is 0 Å². The summed E-state index contributed by atoms with van der Waals surface area (Å²) in [7, 11) is 3.56. The van der Waals surface area contributed by atoms with Gasteiger partial charge in [0.15, 0.2) is 0 Å². The third-order valence-electron chi connectivity index (χ3n) is 4.42. The standard InChI is InChI=1S/C15H27N3O3/c1-17(2)15(20)18-7-3-12(4-8-18)11-16-14(19)13-5-9-21-10-6-13/h12-13H,3-11H2,1-2H3,(H,16,19). The molecule has 0 atom stereocenters. The fraction of sp³-hybridized carbons (Fsp3) is 0.867.